The van der Waals surface area contributed by atoms with Gasteiger partial charge in [0.15, 0.2) is 0 Å². The zero-order valence-electron chi connectivity index (χ0n) is 15.5. The maximum atomic E-state index is 12.5. The Labute approximate surface area is 155 Å². The summed E-state index contributed by atoms with van der Waals surface area (Å²) in [5.41, 5.74) is 0.900. The Morgan fingerprint density at radius 2 is 1.54 bits per heavy atom. The van der Waals surface area contributed by atoms with Crippen LogP contribution in [0.2, 0.25) is 0 Å². The number of piperazine rings is 1. The van der Waals surface area contributed by atoms with Gasteiger partial charge < -0.3 is 14.5 Å². The second-order valence-corrected chi connectivity index (χ2v) is 6.83. The van der Waals surface area contributed by atoms with Crippen LogP contribution in [0.15, 0.2) is 30.3 Å². The second kappa shape index (κ2) is 9.12. The molecule has 0 radical (unpaired) electrons. The van der Waals surface area contributed by atoms with E-state index in [2.05, 4.69) is 9.80 Å². The van der Waals surface area contributed by atoms with Crippen molar-refractivity contribution in [2.75, 3.05) is 77.5 Å². The van der Waals surface area contributed by atoms with Crippen LogP contribution in [0.4, 0.5) is 5.69 Å². The van der Waals surface area contributed by atoms with Gasteiger partial charge in [0.1, 0.15) is 0 Å². The maximum Gasteiger partial charge on any atom is 0.240 e. The third kappa shape index (κ3) is 5.03. The lowest BCUT2D eigenvalue weighted by Crippen LogP contribution is -2.53. The third-order valence-corrected chi connectivity index (χ3v) is 5.06. The Kier molecular flexibility index (Phi) is 6.60. The first-order chi connectivity index (χ1) is 12.6. The molecule has 2 saturated heterocycles. The van der Waals surface area contributed by atoms with E-state index in [4.69, 9.17) is 4.74 Å². The lowest BCUT2D eigenvalue weighted by molar-refractivity contribution is -0.135. The first kappa shape index (κ1) is 18.8. The summed E-state index contributed by atoms with van der Waals surface area (Å²) in [5, 5.41) is 0. The van der Waals surface area contributed by atoms with E-state index in [1.807, 2.05) is 35.2 Å². The van der Waals surface area contributed by atoms with Crippen LogP contribution in [-0.4, -0.2) is 99.1 Å². The molecule has 2 aliphatic heterocycles. The molecule has 3 rings (SSSR count). The van der Waals surface area contributed by atoms with Crippen molar-refractivity contribution in [2.45, 2.75) is 0 Å². The van der Waals surface area contributed by atoms with E-state index in [1.165, 1.54) is 0 Å². The summed E-state index contributed by atoms with van der Waals surface area (Å²) in [6.45, 7) is 6.77. The van der Waals surface area contributed by atoms with Crippen LogP contribution in [-0.2, 0) is 14.3 Å². The molecule has 0 spiro atoms. The van der Waals surface area contributed by atoms with Crippen molar-refractivity contribution in [2.24, 2.45) is 0 Å². The fourth-order valence-corrected chi connectivity index (χ4v) is 3.30. The number of ether oxygens (including phenoxy) is 1. The van der Waals surface area contributed by atoms with Crippen molar-refractivity contribution in [1.29, 1.82) is 0 Å². The zero-order valence-corrected chi connectivity index (χ0v) is 15.5. The van der Waals surface area contributed by atoms with Gasteiger partial charge in [-0.25, -0.2) is 0 Å². The molecule has 1 aromatic carbocycles. The largest absolute Gasteiger partial charge is 0.379 e. The van der Waals surface area contributed by atoms with Crippen LogP contribution in [0.5, 0.6) is 0 Å². The molecule has 2 fully saturated rings. The van der Waals surface area contributed by atoms with E-state index < -0.39 is 0 Å². The van der Waals surface area contributed by atoms with Crippen molar-refractivity contribution in [1.82, 2.24) is 14.7 Å². The fourth-order valence-electron chi connectivity index (χ4n) is 3.30. The molecule has 2 amide bonds. The van der Waals surface area contributed by atoms with Crippen LogP contribution in [0.25, 0.3) is 0 Å². The van der Waals surface area contributed by atoms with Gasteiger partial charge in [0.25, 0.3) is 0 Å². The Morgan fingerprint density at radius 3 is 2.19 bits per heavy atom. The number of benzene rings is 1. The molecule has 0 aliphatic carbocycles. The average molecular weight is 360 g/mol. The van der Waals surface area contributed by atoms with Gasteiger partial charge in [-0.1, -0.05) is 18.2 Å². The molecule has 7 nitrogen and oxygen atoms in total. The number of carbonyl (C=O) groups excluding carboxylic acids is 2. The van der Waals surface area contributed by atoms with Crippen LogP contribution in [0, 0.1) is 0 Å². The molecule has 0 unspecified atom stereocenters. The minimum absolute atomic E-state index is 0.0734. The number of likely N-dealkylation sites (N-methyl/N-ethyl adjacent to an activating group) is 1. The van der Waals surface area contributed by atoms with Crippen molar-refractivity contribution in [3.63, 3.8) is 0 Å². The number of para-hydroxylation sites is 1. The predicted molar refractivity (Wildman–Crippen MR) is 100 cm³/mol. The summed E-state index contributed by atoms with van der Waals surface area (Å²) in [7, 11) is 1.81. The van der Waals surface area contributed by atoms with Gasteiger partial charge in [-0.3, -0.25) is 19.4 Å². The zero-order chi connectivity index (χ0) is 18.4. The van der Waals surface area contributed by atoms with Crippen LogP contribution in [0.1, 0.15) is 0 Å². The Morgan fingerprint density at radius 1 is 0.923 bits per heavy atom. The highest BCUT2D eigenvalue weighted by Crippen LogP contribution is 2.12. The summed E-state index contributed by atoms with van der Waals surface area (Å²) in [6.07, 6.45) is 0. The standard InChI is InChI=1S/C19H28N4O3/c1-20(17-5-3-2-4-6-17)18(24)15-21-7-9-23(10-8-21)19(25)16-22-11-13-26-14-12-22/h2-6H,7-16H2,1H3. The number of hydrogen-bond acceptors (Lipinski definition) is 5. The number of nitrogens with zero attached hydrogens (tertiary/aromatic N) is 4. The van der Waals surface area contributed by atoms with Crippen molar-refractivity contribution >= 4 is 17.5 Å². The summed E-state index contributed by atoms with van der Waals surface area (Å²) < 4.78 is 5.32. The minimum Gasteiger partial charge on any atom is -0.379 e. The van der Waals surface area contributed by atoms with E-state index >= 15 is 0 Å². The Bertz CT molecular complexity index is 596. The quantitative estimate of drug-likeness (QED) is 0.747. The summed E-state index contributed by atoms with van der Waals surface area (Å²) in [5.74, 6) is 0.253. The number of amides is 2. The number of carbonyl (C=O) groups is 2. The lowest BCUT2D eigenvalue weighted by Gasteiger charge is -2.36. The highest BCUT2D eigenvalue weighted by molar-refractivity contribution is 5.94. The Hall–Kier alpha value is -1.96. The van der Waals surface area contributed by atoms with Crippen LogP contribution < -0.4 is 4.90 Å². The predicted octanol–water partition coefficient (Wildman–Crippen LogP) is 0.126. The van der Waals surface area contributed by atoms with Crippen LogP contribution >= 0.6 is 0 Å². The smallest absolute Gasteiger partial charge is 0.240 e. The van der Waals surface area contributed by atoms with Gasteiger partial charge in [-0.05, 0) is 12.1 Å². The summed E-state index contributed by atoms with van der Waals surface area (Å²) in [4.78, 5) is 32.8. The minimum atomic E-state index is 0.0734. The van der Waals surface area contributed by atoms with Gasteiger partial charge in [-0.2, -0.15) is 0 Å². The molecule has 26 heavy (non-hydrogen) atoms. The molecule has 0 saturated carbocycles. The van der Waals surface area contributed by atoms with Gasteiger partial charge in [0.05, 0.1) is 26.3 Å². The summed E-state index contributed by atoms with van der Waals surface area (Å²) in [6, 6.07) is 9.66. The molecule has 2 aliphatic rings. The first-order valence-electron chi connectivity index (χ1n) is 9.25. The van der Waals surface area contributed by atoms with Gasteiger partial charge in [-0.15, -0.1) is 0 Å². The molecule has 0 aromatic heterocycles. The average Bonchev–Trinajstić information content (AvgIpc) is 2.69. The Balaban J connectivity index is 1.41. The highest BCUT2D eigenvalue weighted by Gasteiger charge is 2.25. The first-order valence-corrected chi connectivity index (χ1v) is 9.25. The molecule has 0 bridgehead atoms. The molecule has 142 valence electrons. The van der Waals surface area contributed by atoms with Gasteiger partial charge >= 0.3 is 0 Å². The topological polar surface area (TPSA) is 56.3 Å². The molecule has 2 heterocycles. The molecular weight excluding hydrogens is 332 g/mol. The molecule has 1 aromatic rings. The third-order valence-electron chi connectivity index (χ3n) is 5.06. The van der Waals surface area contributed by atoms with Crippen molar-refractivity contribution < 1.29 is 14.3 Å². The van der Waals surface area contributed by atoms with E-state index in [0.29, 0.717) is 39.4 Å². The lowest BCUT2D eigenvalue weighted by atomic mass is 10.2. The molecule has 0 N–H and O–H groups in total. The molecule has 0 atom stereocenters. The number of anilines is 1. The number of morpholine rings is 1. The van der Waals surface area contributed by atoms with Gasteiger partial charge in [0.2, 0.25) is 11.8 Å². The van der Waals surface area contributed by atoms with E-state index in [-0.39, 0.29) is 11.8 Å². The van der Waals surface area contributed by atoms with Crippen LogP contribution in [0.3, 0.4) is 0 Å². The SMILES string of the molecule is CN(C(=O)CN1CCN(C(=O)CN2CCOCC2)CC1)c1ccccc1. The fraction of sp³-hybridized carbons (Fsp3) is 0.579. The maximum absolute atomic E-state index is 12.5. The number of hydrogen-bond donors (Lipinski definition) is 0. The van der Waals surface area contributed by atoms with Crippen molar-refractivity contribution in [3.8, 4) is 0 Å². The molecule has 7 heteroatoms. The number of rotatable bonds is 5. The normalized spacial score (nSPS) is 19.3. The van der Waals surface area contributed by atoms with E-state index in [0.717, 1.165) is 31.9 Å². The second-order valence-electron chi connectivity index (χ2n) is 6.83. The monoisotopic (exact) mass is 360 g/mol. The van der Waals surface area contributed by atoms with Gasteiger partial charge in [0, 0.05) is 52.0 Å². The van der Waals surface area contributed by atoms with E-state index in [1.54, 1.807) is 11.9 Å². The van der Waals surface area contributed by atoms with Crippen molar-refractivity contribution in [3.05, 3.63) is 30.3 Å². The molecular formula is C19H28N4O3. The summed E-state index contributed by atoms with van der Waals surface area (Å²) >= 11 is 0. The highest BCUT2D eigenvalue weighted by atomic mass is 16.5. The van der Waals surface area contributed by atoms with E-state index in [9.17, 15) is 9.59 Å².